The second kappa shape index (κ2) is 5.29. The van der Waals surface area contributed by atoms with Gasteiger partial charge in [0.05, 0.1) is 5.92 Å². The zero-order chi connectivity index (χ0) is 11.8. The number of fused-ring (bicyclic) bond motifs is 1. The quantitative estimate of drug-likeness (QED) is 0.837. The predicted octanol–water partition coefficient (Wildman–Crippen LogP) is 1.57. The van der Waals surface area contributed by atoms with Crippen LogP contribution < -0.4 is 5.32 Å². The summed E-state index contributed by atoms with van der Waals surface area (Å²) >= 11 is 0. The van der Waals surface area contributed by atoms with Crippen LogP contribution in [0.4, 0.5) is 0 Å². The molecule has 1 amide bonds. The SMILES string of the molecule is CC1CN(C(=O)C2Cc3ccccc32)CCN1.Cl. The summed E-state index contributed by atoms with van der Waals surface area (Å²) in [6.45, 7) is 4.74. The summed E-state index contributed by atoms with van der Waals surface area (Å²) < 4.78 is 0. The molecule has 2 atom stereocenters. The van der Waals surface area contributed by atoms with Crippen molar-refractivity contribution < 1.29 is 4.79 Å². The summed E-state index contributed by atoms with van der Waals surface area (Å²) in [6.07, 6.45) is 0.924. The number of halogens is 1. The van der Waals surface area contributed by atoms with E-state index in [0.717, 1.165) is 26.1 Å². The highest BCUT2D eigenvalue weighted by Crippen LogP contribution is 2.36. The van der Waals surface area contributed by atoms with Gasteiger partial charge in [-0.25, -0.2) is 0 Å². The highest BCUT2D eigenvalue weighted by atomic mass is 35.5. The Balaban J connectivity index is 0.00000120. The van der Waals surface area contributed by atoms with Crippen molar-refractivity contribution >= 4 is 18.3 Å². The zero-order valence-corrected chi connectivity index (χ0v) is 11.4. The lowest BCUT2D eigenvalue weighted by atomic mass is 9.76. The Morgan fingerprint density at radius 3 is 2.89 bits per heavy atom. The number of nitrogens with zero attached hydrogens (tertiary/aromatic N) is 1. The minimum Gasteiger partial charge on any atom is -0.339 e. The molecule has 1 aliphatic heterocycles. The van der Waals surface area contributed by atoms with E-state index in [9.17, 15) is 4.79 Å². The molecule has 1 aliphatic carbocycles. The van der Waals surface area contributed by atoms with Gasteiger partial charge in [-0.05, 0) is 24.5 Å². The Morgan fingerprint density at radius 1 is 1.39 bits per heavy atom. The van der Waals surface area contributed by atoms with Gasteiger partial charge in [0.15, 0.2) is 0 Å². The Morgan fingerprint density at radius 2 is 2.17 bits per heavy atom. The topological polar surface area (TPSA) is 32.3 Å². The molecule has 1 heterocycles. The van der Waals surface area contributed by atoms with Crippen molar-refractivity contribution in [2.45, 2.75) is 25.3 Å². The van der Waals surface area contributed by atoms with E-state index in [2.05, 4.69) is 24.4 Å². The highest BCUT2D eigenvalue weighted by Gasteiger charge is 2.35. The predicted molar refractivity (Wildman–Crippen MR) is 74.2 cm³/mol. The Hall–Kier alpha value is -1.06. The molecule has 98 valence electrons. The first-order chi connectivity index (χ1) is 8.25. The van der Waals surface area contributed by atoms with Gasteiger partial charge in [-0.3, -0.25) is 4.79 Å². The Bertz CT molecular complexity index is 449. The molecule has 2 unspecified atom stereocenters. The summed E-state index contributed by atoms with van der Waals surface area (Å²) in [7, 11) is 0. The van der Waals surface area contributed by atoms with Crippen molar-refractivity contribution in [3.8, 4) is 0 Å². The maximum absolute atomic E-state index is 12.4. The van der Waals surface area contributed by atoms with E-state index in [1.54, 1.807) is 0 Å². The first kappa shape index (κ1) is 13.4. The number of carbonyl (C=O) groups excluding carboxylic acids is 1. The molecule has 3 nitrogen and oxygen atoms in total. The molecule has 0 radical (unpaired) electrons. The van der Waals surface area contributed by atoms with Gasteiger partial charge in [0.2, 0.25) is 5.91 Å². The number of amides is 1. The number of rotatable bonds is 1. The van der Waals surface area contributed by atoms with E-state index >= 15 is 0 Å². The zero-order valence-electron chi connectivity index (χ0n) is 10.6. The first-order valence-electron chi connectivity index (χ1n) is 6.35. The van der Waals surface area contributed by atoms with Crippen LogP contribution in [0, 0.1) is 0 Å². The molecule has 0 aromatic heterocycles. The molecule has 0 bridgehead atoms. The van der Waals surface area contributed by atoms with Crippen LogP contribution in [0.1, 0.15) is 24.0 Å². The molecule has 1 aromatic carbocycles. The van der Waals surface area contributed by atoms with E-state index in [1.807, 2.05) is 17.0 Å². The minimum atomic E-state index is 0. The van der Waals surface area contributed by atoms with Gasteiger partial charge in [-0.15, -0.1) is 12.4 Å². The van der Waals surface area contributed by atoms with E-state index in [-0.39, 0.29) is 18.3 Å². The third-order valence-electron chi connectivity index (χ3n) is 3.83. The van der Waals surface area contributed by atoms with Crippen LogP contribution in [0.3, 0.4) is 0 Å². The van der Waals surface area contributed by atoms with Crippen LogP contribution in [0.15, 0.2) is 24.3 Å². The fourth-order valence-corrected chi connectivity index (χ4v) is 2.83. The van der Waals surface area contributed by atoms with Gasteiger partial charge >= 0.3 is 0 Å². The lowest BCUT2D eigenvalue weighted by Gasteiger charge is -2.37. The van der Waals surface area contributed by atoms with Crippen LogP contribution in [0.2, 0.25) is 0 Å². The van der Waals surface area contributed by atoms with Crippen LogP contribution in [-0.2, 0) is 11.2 Å². The van der Waals surface area contributed by atoms with Gasteiger partial charge < -0.3 is 10.2 Å². The van der Waals surface area contributed by atoms with Crippen molar-refractivity contribution in [2.75, 3.05) is 19.6 Å². The average molecular weight is 267 g/mol. The maximum Gasteiger partial charge on any atom is 0.230 e. The third kappa shape index (κ3) is 2.25. The fraction of sp³-hybridized carbons (Fsp3) is 0.500. The molecule has 1 aromatic rings. The summed E-state index contributed by atoms with van der Waals surface area (Å²) in [6, 6.07) is 8.71. The molecular formula is C14H19ClN2O. The standard InChI is InChI=1S/C14H18N2O.ClH/c1-10-9-16(7-6-15-10)14(17)13-8-11-4-2-3-5-12(11)13;/h2-5,10,13,15H,6-9H2,1H3;1H. The Kier molecular flexibility index (Phi) is 3.93. The number of hydrogen-bond donors (Lipinski definition) is 1. The molecule has 2 aliphatic rings. The molecule has 1 saturated heterocycles. The fourth-order valence-electron chi connectivity index (χ4n) is 2.83. The van der Waals surface area contributed by atoms with Crippen molar-refractivity contribution in [1.29, 1.82) is 0 Å². The van der Waals surface area contributed by atoms with Crippen molar-refractivity contribution in [3.63, 3.8) is 0 Å². The second-order valence-electron chi connectivity index (χ2n) is 5.09. The summed E-state index contributed by atoms with van der Waals surface area (Å²) in [5, 5.41) is 3.37. The van der Waals surface area contributed by atoms with E-state index in [0.29, 0.717) is 11.9 Å². The monoisotopic (exact) mass is 266 g/mol. The molecule has 0 saturated carbocycles. The first-order valence-corrected chi connectivity index (χ1v) is 6.35. The third-order valence-corrected chi connectivity index (χ3v) is 3.83. The molecule has 18 heavy (non-hydrogen) atoms. The number of piperazine rings is 1. The van der Waals surface area contributed by atoms with Crippen LogP contribution >= 0.6 is 12.4 Å². The number of benzene rings is 1. The minimum absolute atomic E-state index is 0. The van der Waals surface area contributed by atoms with Crippen LogP contribution in [-0.4, -0.2) is 36.5 Å². The van der Waals surface area contributed by atoms with Crippen molar-refractivity contribution in [1.82, 2.24) is 10.2 Å². The smallest absolute Gasteiger partial charge is 0.230 e. The molecule has 1 N–H and O–H groups in total. The molecule has 3 rings (SSSR count). The van der Waals surface area contributed by atoms with E-state index < -0.39 is 0 Å². The van der Waals surface area contributed by atoms with Crippen LogP contribution in [0.25, 0.3) is 0 Å². The normalized spacial score (nSPS) is 25.7. The number of nitrogens with one attached hydrogen (secondary N) is 1. The molecule has 0 spiro atoms. The van der Waals surface area contributed by atoms with Gasteiger partial charge in [0, 0.05) is 25.7 Å². The lowest BCUT2D eigenvalue weighted by Crippen LogP contribution is -2.53. The highest BCUT2D eigenvalue weighted by molar-refractivity contribution is 5.87. The maximum atomic E-state index is 12.4. The second-order valence-corrected chi connectivity index (χ2v) is 5.09. The number of hydrogen-bond acceptors (Lipinski definition) is 2. The average Bonchev–Trinajstić information content (AvgIpc) is 2.30. The largest absolute Gasteiger partial charge is 0.339 e. The number of carbonyl (C=O) groups is 1. The van der Waals surface area contributed by atoms with Crippen molar-refractivity contribution in [2.24, 2.45) is 0 Å². The van der Waals surface area contributed by atoms with Gasteiger partial charge in [-0.2, -0.15) is 0 Å². The van der Waals surface area contributed by atoms with E-state index in [1.165, 1.54) is 11.1 Å². The molecule has 4 heteroatoms. The van der Waals surface area contributed by atoms with Gasteiger partial charge in [0.25, 0.3) is 0 Å². The Labute approximate surface area is 114 Å². The van der Waals surface area contributed by atoms with E-state index in [4.69, 9.17) is 0 Å². The van der Waals surface area contributed by atoms with Crippen LogP contribution in [0.5, 0.6) is 0 Å². The molecular weight excluding hydrogens is 248 g/mol. The summed E-state index contributed by atoms with van der Waals surface area (Å²) in [5.41, 5.74) is 2.58. The van der Waals surface area contributed by atoms with Gasteiger partial charge in [0.1, 0.15) is 0 Å². The molecule has 1 fully saturated rings. The van der Waals surface area contributed by atoms with Crippen molar-refractivity contribution in [3.05, 3.63) is 35.4 Å². The summed E-state index contributed by atoms with van der Waals surface area (Å²) in [4.78, 5) is 14.4. The van der Waals surface area contributed by atoms with Gasteiger partial charge in [-0.1, -0.05) is 24.3 Å². The summed E-state index contributed by atoms with van der Waals surface area (Å²) in [5.74, 6) is 0.438. The lowest BCUT2D eigenvalue weighted by molar-refractivity contribution is -0.134.